The molecule has 2 atom stereocenters. The van der Waals surface area contributed by atoms with Crippen molar-refractivity contribution >= 4 is 38.6 Å². The summed E-state index contributed by atoms with van der Waals surface area (Å²) in [6.07, 6.45) is 12.8. The maximum Gasteiger partial charge on any atom is 0.134 e. The molecule has 0 fully saturated rings. The van der Waals surface area contributed by atoms with Crippen LogP contribution in [0.4, 0.5) is 0 Å². The van der Waals surface area contributed by atoms with E-state index in [2.05, 4.69) is 42.5 Å². The van der Waals surface area contributed by atoms with Crippen LogP contribution < -0.4 is 0 Å². The van der Waals surface area contributed by atoms with Crippen LogP contribution in [0.3, 0.4) is 0 Å². The molecule has 1 nitrogen and oxygen atoms in total. The van der Waals surface area contributed by atoms with E-state index in [1.165, 1.54) is 0 Å². The third-order valence-corrected chi connectivity index (χ3v) is 8.64. The smallest absolute Gasteiger partial charge is 0.134 e. The molecule has 0 bridgehead atoms. The van der Waals surface area contributed by atoms with Gasteiger partial charge in [0, 0.05) is 22.8 Å². The van der Waals surface area contributed by atoms with Crippen LogP contribution in [-0.2, 0) is 0 Å². The number of hydrogen-bond donors (Lipinski definition) is 0. The van der Waals surface area contributed by atoms with Gasteiger partial charge in [-0.05, 0) is 73.1 Å². The van der Waals surface area contributed by atoms with Gasteiger partial charge in [0.15, 0.2) is 0 Å². The van der Waals surface area contributed by atoms with Crippen molar-refractivity contribution in [1.29, 1.82) is 0 Å². The summed E-state index contributed by atoms with van der Waals surface area (Å²) in [5.41, 5.74) is 5.38. The molecule has 7 aromatic rings. The summed E-state index contributed by atoms with van der Waals surface area (Å²) < 4.78 is 77.7. The number of fused-ring (bicyclic) bond motifs is 7. The standard InChI is InChI=1S/C42H28O/c1-2-12-28(13-3-1)40-33-17-6-8-19-35(33)41(36-20-9-7-18-34(36)40)31-15-10-14-29(25-31)30-22-24-39-38(26-30)37-23-21-27-11-4-5-16-32(27)42(37)43-39/h1-27,32H/i6D,7D,8D,9D,17D,18D,19D,20D. The van der Waals surface area contributed by atoms with Crippen LogP contribution in [-0.4, -0.2) is 0 Å². The average Bonchev–Trinajstić information content (AvgIpc) is 3.55. The highest BCUT2D eigenvalue weighted by atomic mass is 16.3. The Balaban J connectivity index is 1.36. The first-order valence-electron chi connectivity index (χ1n) is 18.4. The van der Waals surface area contributed by atoms with E-state index in [9.17, 15) is 2.74 Å². The van der Waals surface area contributed by atoms with Gasteiger partial charge in [-0.15, -0.1) is 0 Å². The molecule has 0 spiro atoms. The second-order valence-electron chi connectivity index (χ2n) is 11.0. The molecule has 2 aliphatic rings. The lowest BCUT2D eigenvalue weighted by atomic mass is 9.81. The monoisotopic (exact) mass is 556 g/mol. The van der Waals surface area contributed by atoms with Crippen molar-refractivity contribution in [1.82, 2.24) is 0 Å². The quantitative estimate of drug-likeness (QED) is 0.197. The number of rotatable bonds is 3. The average molecular weight is 557 g/mol. The Labute approximate surface area is 262 Å². The molecule has 0 N–H and O–H groups in total. The summed E-state index contributed by atoms with van der Waals surface area (Å²) in [6.45, 7) is 0. The molecule has 0 aliphatic heterocycles. The second kappa shape index (κ2) is 9.58. The van der Waals surface area contributed by atoms with E-state index in [4.69, 9.17) is 12.6 Å². The molecule has 0 radical (unpaired) electrons. The van der Waals surface area contributed by atoms with Gasteiger partial charge in [0.1, 0.15) is 11.3 Å². The molecule has 2 aliphatic carbocycles. The first-order chi connectivity index (χ1) is 24.7. The normalized spacial score (nSPS) is 19.6. The van der Waals surface area contributed by atoms with Crippen LogP contribution in [0.15, 0.2) is 156 Å². The molecular formula is C42H28O. The van der Waals surface area contributed by atoms with Gasteiger partial charge in [0.25, 0.3) is 0 Å². The molecule has 0 amide bonds. The van der Waals surface area contributed by atoms with E-state index in [1.807, 2.05) is 42.5 Å². The van der Waals surface area contributed by atoms with Crippen molar-refractivity contribution in [2.75, 3.05) is 0 Å². The topological polar surface area (TPSA) is 13.1 Å². The Kier molecular flexibility index (Phi) is 3.90. The highest BCUT2D eigenvalue weighted by molar-refractivity contribution is 6.21. The minimum absolute atomic E-state index is 0.133. The van der Waals surface area contributed by atoms with Gasteiger partial charge in [0.05, 0.1) is 11.0 Å². The lowest BCUT2D eigenvalue weighted by molar-refractivity contribution is 0.492. The molecule has 0 saturated heterocycles. The van der Waals surface area contributed by atoms with Gasteiger partial charge >= 0.3 is 0 Å². The lowest BCUT2D eigenvalue weighted by Crippen LogP contribution is -2.11. The molecule has 0 saturated carbocycles. The highest BCUT2D eigenvalue weighted by Crippen LogP contribution is 2.45. The number of benzene rings is 6. The van der Waals surface area contributed by atoms with Crippen molar-refractivity contribution in [3.8, 4) is 33.4 Å². The van der Waals surface area contributed by atoms with Crippen molar-refractivity contribution in [2.24, 2.45) is 5.92 Å². The van der Waals surface area contributed by atoms with E-state index < -0.39 is 24.2 Å². The van der Waals surface area contributed by atoms with Crippen molar-refractivity contribution in [3.63, 3.8) is 0 Å². The molecule has 1 heterocycles. The second-order valence-corrected chi connectivity index (χ2v) is 11.0. The van der Waals surface area contributed by atoms with E-state index in [0.717, 1.165) is 33.4 Å². The van der Waals surface area contributed by atoms with Gasteiger partial charge in [0.2, 0.25) is 0 Å². The molecule has 9 rings (SSSR count). The maximum absolute atomic E-state index is 9.21. The molecule has 2 unspecified atom stereocenters. The zero-order valence-electron chi connectivity index (χ0n) is 31.0. The fraction of sp³-hybridized carbons (Fsp3) is 0.0476. The molecule has 43 heavy (non-hydrogen) atoms. The van der Waals surface area contributed by atoms with Gasteiger partial charge in [-0.2, -0.15) is 0 Å². The summed E-state index contributed by atoms with van der Waals surface area (Å²) in [5.74, 6) is 1.32. The van der Waals surface area contributed by atoms with Gasteiger partial charge in [-0.3, -0.25) is 0 Å². The van der Waals surface area contributed by atoms with Gasteiger partial charge in [-0.25, -0.2) is 0 Å². The van der Waals surface area contributed by atoms with Crippen LogP contribution in [0.2, 0.25) is 0 Å². The SMILES string of the molecule is [2H]c1c([2H])c([2H])c2c(-c3cccc(-c4ccc5oc6c(c5c4)C=CC4C=CC=CC64)c3)c3c([2H])c([2H])c([2H])c([2H])c3c(-c3ccccc3)c2c1[2H]. The number of hydrogen-bond acceptors (Lipinski definition) is 1. The molecule has 1 aromatic heterocycles. The maximum atomic E-state index is 9.21. The van der Waals surface area contributed by atoms with Crippen molar-refractivity contribution in [2.45, 2.75) is 5.92 Å². The summed E-state index contributed by atoms with van der Waals surface area (Å²) in [4.78, 5) is 0. The van der Waals surface area contributed by atoms with Crippen LogP contribution >= 0.6 is 0 Å². The van der Waals surface area contributed by atoms with Gasteiger partial charge in [-0.1, -0.05) is 139 Å². The van der Waals surface area contributed by atoms with Gasteiger partial charge < -0.3 is 4.42 Å². The van der Waals surface area contributed by atoms with Crippen LogP contribution in [0.1, 0.15) is 28.2 Å². The van der Waals surface area contributed by atoms with E-state index >= 15 is 0 Å². The Morgan fingerprint density at radius 2 is 1.16 bits per heavy atom. The zero-order chi connectivity index (χ0) is 35.3. The summed E-state index contributed by atoms with van der Waals surface area (Å²) in [7, 11) is 0. The van der Waals surface area contributed by atoms with E-state index in [0.29, 0.717) is 22.3 Å². The third kappa shape index (κ3) is 3.78. The van der Waals surface area contributed by atoms with E-state index in [1.54, 1.807) is 24.3 Å². The fourth-order valence-corrected chi connectivity index (χ4v) is 6.67. The largest absolute Gasteiger partial charge is 0.460 e. The Hall–Kier alpha value is -5.40. The Bertz CT molecular complexity index is 2660. The van der Waals surface area contributed by atoms with Crippen LogP contribution in [0.25, 0.3) is 72.0 Å². The molecule has 202 valence electrons. The molecule has 6 aromatic carbocycles. The Morgan fingerprint density at radius 3 is 1.91 bits per heavy atom. The molecular weight excluding hydrogens is 520 g/mol. The highest BCUT2D eigenvalue weighted by Gasteiger charge is 2.29. The Morgan fingerprint density at radius 1 is 0.535 bits per heavy atom. The van der Waals surface area contributed by atoms with Crippen LogP contribution in [0.5, 0.6) is 0 Å². The first-order valence-corrected chi connectivity index (χ1v) is 14.4. The zero-order valence-corrected chi connectivity index (χ0v) is 23.0. The summed E-state index contributed by atoms with van der Waals surface area (Å²) >= 11 is 0. The minimum atomic E-state index is -0.419. The van der Waals surface area contributed by atoms with Crippen LogP contribution in [0, 0.1) is 5.92 Å². The summed E-state index contributed by atoms with van der Waals surface area (Å²) in [6, 6.07) is 19.9. The van der Waals surface area contributed by atoms with E-state index in [-0.39, 0.29) is 57.6 Å². The van der Waals surface area contributed by atoms with Crippen molar-refractivity contribution < 1.29 is 15.4 Å². The van der Waals surface area contributed by atoms with Crippen molar-refractivity contribution in [3.05, 3.63) is 163 Å². The fourth-order valence-electron chi connectivity index (χ4n) is 6.67. The first kappa shape index (κ1) is 17.5. The predicted octanol–water partition coefficient (Wildman–Crippen LogP) is 11.6. The lowest BCUT2D eigenvalue weighted by Gasteiger charge is -2.23. The summed E-state index contributed by atoms with van der Waals surface area (Å²) in [5, 5.41) is 1.78. The molecule has 1 heteroatoms. The number of allylic oxidation sites excluding steroid dienone is 5. The predicted molar refractivity (Wildman–Crippen MR) is 181 cm³/mol. The number of furan rings is 1. The minimum Gasteiger partial charge on any atom is -0.460 e. The third-order valence-electron chi connectivity index (χ3n) is 8.64.